The van der Waals surface area contributed by atoms with Crippen LogP contribution in [0.25, 0.3) is 16.9 Å². The number of ether oxygens (including phenoxy) is 1. The van der Waals surface area contributed by atoms with E-state index in [9.17, 15) is 4.79 Å². The SMILES string of the molecule is Cc1nn(-c2ccc(NC(=O)OC(C)(C)C)cn2)cc1-c1ccc(B2OC(C)(C)C(C)(C)O2)c(F)c1F. The molecule has 37 heavy (non-hydrogen) atoms. The van der Waals surface area contributed by atoms with Crippen molar-refractivity contribution in [2.75, 3.05) is 5.32 Å². The lowest BCUT2D eigenvalue weighted by molar-refractivity contribution is 0.00578. The molecule has 0 saturated carbocycles. The van der Waals surface area contributed by atoms with Crippen LogP contribution in [0.2, 0.25) is 0 Å². The van der Waals surface area contributed by atoms with Gasteiger partial charge in [0, 0.05) is 22.8 Å². The minimum atomic E-state index is -1.03. The molecular formula is C26H31BF2N4O4. The number of pyridine rings is 1. The third-order valence-electron chi connectivity index (χ3n) is 6.44. The Morgan fingerprint density at radius 3 is 2.24 bits per heavy atom. The van der Waals surface area contributed by atoms with Crippen molar-refractivity contribution in [1.29, 1.82) is 0 Å². The number of amides is 1. The minimum Gasteiger partial charge on any atom is -0.444 e. The molecule has 1 aliphatic rings. The van der Waals surface area contributed by atoms with Crippen LogP contribution in [0.15, 0.2) is 36.7 Å². The molecule has 3 aromatic rings. The standard InChI is InChI=1S/C26H31BF2N4O4/c1-15-18(14-33(32-15)20-12-9-16(13-30-20)31-23(34)35-24(2,3)4)17-10-11-19(22(29)21(17)28)27-36-25(5,6)26(7,8)37-27/h9-14H,1-8H3,(H,31,34). The van der Waals surface area contributed by atoms with Crippen molar-refractivity contribution in [2.45, 2.75) is 72.2 Å². The van der Waals surface area contributed by atoms with Gasteiger partial charge in [-0.3, -0.25) is 5.32 Å². The number of hydrogen-bond donors (Lipinski definition) is 1. The molecule has 0 spiro atoms. The molecule has 1 N–H and O–H groups in total. The lowest BCUT2D eigenvalue weighted by Gasteiger charge is -2.32. The second kappa shape index (κ2) is 9.22. The second-order valence-corrected chi connectivity index (χ2v) is 11.0. The summed E-state index contributed by atoms with van der Waals surface area (Å²) in [5.41, 5.74) is -0.589. The smallest absolute Gasteiger partial charge is 0.444 e. The van der Waals surface area contributed by atoms with Gasteiger partial charge in [-0.15, -0.1) is 0 Å². The Kier molecular flexibility index (Phi) is 6.66. The fourth-order valence-electron chi connectivity index (χ4n) is 3.78. The predicted octanol–water partition coefficient (Wildman–Crippen LogP) is 5.17. The summed E-state index contributed by atoms with van der Waals surface area (Å²) in [6.45, 7) is 14.4. The molecule has 4 rings (SSSR count). The van der Waals surface area contributed by atoms with Crippen molar-refractivity contribution in [2.24, 2.45) is 0 Å². The Hall–Kier alpha value is -3.31. The van der Waals surface area contributed by atoms with E-state index >= 15 is 8.78 Å². The first-order valence-corrected chi connectivity index (χ1v) is 11.9. The maximum atomic E-state index is 15.3. The normalized spacial score (nSPS) is 16.6. The van der Waals surface area contributed by atoms with Crippen molar-refractivity contribution >= 4 is 24.4 Å². The molecule has 2 aromatic heterocycles. The number of carbonyl (C=O) groups excluding carboxylic acids is 1. The number of nitrogens with one attached hydrogen (secondary N) is 1. The van der Waals surface area contributed by atoms with Crippen LogP contribution in [-0.2, 0) is 14.0 Å². The third kappa shape index (κ3) is 5.38. The van der Waals surface area contributed by atoms with E-state index in [-0.39, 0.29) is 11.0 Å². The van der Waals surface area contributed by atoms with E-state index in [2.05, 4.69) is 15.4 Å². The van der Waals surface area contributed by atoms with Gasteiger partial charge in [-0.05, 0) is 67.5 Å². The van der Waals surface area contributed by atoms with Gasteiger partial charge in [0.05, 0.1) is 28.8 Å². The molecular weight excluding hydrogens is 481 g/mol. The van der Waals surface area contributed by atoms with Crippen LogP contribution >= 0.6 is 0 Å². The van der Waals surface area contributed by atoms with Gasteiger partial charge in [-0.2, -0.15) is 5.10 Å². The first-order chi connectivity index (χ1) is 17.1. The summed E-state index contributed by atoms with van der Waals surface area (Å²) in [5, 5.41) is 7.02. The Bertz CT molecular complexity index is 1320. The zero-order valence-corrected chi connectivity index (χ0v) is 22.3. The lowest BCUT2D eigenvalue weighted by Crippen LogP contribution is -2.41. The number of anilines is 1. The molecule has 1 aliphatic heterocycles. The molecule has 3 heterocycles. The summed E-state index contributed by atoms with van der Waals surface area (Å²) in [6, 6.07) is 6.25. The van der Waals surface area contributed by atoms with Gasteiger partial charge in [0.1, 0.15) is 5.60 Å². The molecule has 196 valence electrons. The average Bonchev–Trinajstić information content (AvgIpc) is 3.24. The van der Waals surface area contributed by atoms with E-state index in [1.807, 2.05) is 27.7 Å². The van der Waals surface area contributed by atoms with Crippen LogP contribution in [0.1, 0.15) is 54.2 Å². The third-order valence-corrected chi connectivity index (χ3v) is 6.44. The number of rotatable bonds is 4. The van der Waals surface area contributed by atoms with Crippen molar-refractivity contribution in [1.82, 2.24) is 14.8 Å². The van der Waals surface area contributed by atoms with Crippen molar-refractivity contribution in [3.05, 3.63) is 54.0 Å². The predicted molar refractivity (Wildman–Crippen MR) is 137 cm³/mol. The number of nitrogens with zero attached hydrogens (tertiary/aromatic N) is 3. The zero-order chi connectivity index (χ0) is 27.3. The highest BCUT2D eigenvalue weighted by atomic mass is 19.2. The van der Waals surface area contributed by atoms with Gasteiger partial charge in [-0.25, -0.2) is 23.2 Å². The number of carbonyl (C=O) groups is 1. The summed E-state index contributed by atoms with van der Waals surface area (Å²) in [5.74, 6) is -1.61. The summed E-state index contributed by atoms with van der Waals surface area (Å²) in [6.07, 6.45) is 2.43. The van der Waals surface area contributed by atoms with E-state index in [1.54, 1.807) is 46.0 Å². The molecule has 0 radical (unpaired) electrons. The molecule has 0 aliphatic carbocycles. The van der Waals surface area contributed by atoms with Crippen molar-refractivity contribution in [3.63, 3.8) is 0 Å². The first kappa shape index (κ1) is 26.7. The Morgan fingerprint density at radius 2 is 1.68 bits per heavy atom. The van der Waals surface area contributed by atoms with E-state index < -0.39 is 41.6 Å². The first-order valence-electron chi connectivity index (χ1n) is 11.9. The lowest BCUT2D eigenvalue weighted by atomic mass is 9.78. The van der Waals surface area contributed by atoms with Gasteiger partial charge in [0.2, 0.25) is 0 Å². The highest BCUT2D eigenvalue weighted by Crippen LogP contribution is 2.37. The van der Waals surface area contributed by atoms with Gasteiger partial charge < -0.3 is 14.0 Å². The van der Waals surface area contributed by atoms with Crippen LogP contribution in [0, 0.1) is 18.6 Å². The quantitative estimate of drug-likeness (QED) is 0.486. The van der Waals surface area contributed by atoms with E-state index in [0.717, 1.165) is 0 Å². The average molecular weight is 512 g/mol. The number of benzene rings is 1. The van der Waals surface area contributed by atoms with Gasteiger partial charge in [0.15, 0.2) is 17.5 Å². The Labute approximate surface area is 215 Å². The molecule has 0 unspecified atom stereocenters. The number of hydrogen-bond acceptors (Lipinski definition) is 6. The van der Waals surface area contributed by atoms with E-state index in [1.165, 1.54) is 23.0 Å². The highest BCUT2D eigenvalue weighted by molar-refractivity contribution is 6.62. The van der Waals surface area contributed by atoms with Gasteiger partial charge in [0.25, 0.3) is 0 Å². The van der Waals surface area contributed by atoms with Crippen LogP contribution in [0.5, 0.6) is 0 Å². The maximum Gasteiger partial charge on any atom is 0.497 e. The molecule has 0 bridgehead atoms. The van der Waals surface area contributed by atoms with Crippen LogP contribution in [0.4, 0.5) is 19.3 Å². The van der Waals surface area contributed by atoms with Gasteiger partial charge in [-0.1, -0.05) is 12.1 Å². The van der Waals surface area contributed by atoms with Crippen molar-refractivity contribution < 1.29 is 27.6 Å². The molecule has 1 fully saturated rings. The maximum absolute atomic E-state index is 15.3. The molecule has 11 heteroatoms. The van der Waals surface area contributed by atoms with Gasteiger partial charge >= 0.3 is 13.2 Å². The minimum absolute atomic E-state index is 0.000289. The summed E-state index contributed by atoms with van der Waals surface area (Å²) in [4.78, 5) is 16.3. The van der Waals surface area contributed by atoms with Crippen molar-refractivity contribution in [3.8, 4) is 16.9 Å². The largest absolute Gasteiger partial charge is 0.497 e. The number of aromatic nitrogens is 3. The molecule has 8 nitrogen and oxygen atoms in total. The number of aryl methyl sites for hydroxylation is 1. The molecule has 1 saturated heterocycles. The molecule has 1 aromatic carbocycles. The zero-order valence-electron chi connectivity index (χ0n) is 22.3. The van der Waals surface area contributed by atoms with E-state index in [0.29, 0.717) is 22.8 Å². The monoisotopic (exact) mass is 512 g/mol. The summed E-state index contributed by atoms with van der Waals surface area (Å²) < 4.78 is 48.9. The molecule has 0 atom stereocenters. The van der Waals surface area contributed by atoms with E-state index in [4.69, 9.17) is 14.0 Å². The van der Waals surface area contributed by atoms with Crippen LogP contribution in [0.3, 0.4) is 0 Å². The Balaban J connectivity index is 1.56. The Morgan fingerprint density at radius 1 is 1.03 bits per heavy atom. The van der Waals surface area contributed by atoms with Crippen LogP contribution < -0.4 is 10.8 Å². The highest BCUT2D eigenvalue weighted by Gasteiger charge is 2.52. The fraction of sp³-hybridized carbons (Fsp3) is 0.423. The molecule has 1 amide bonds. The van der Waals surface area contributed by atoms with Crippen LogP contribution in [-0.4, -0.2) is 44.8 Å². The fourth-order valence-corrected chi connectivity index (χ4v) is 3.78. The number of halogens is 2. The summed E-state index contributed by atoms with van der Waals surface area (Å²) in [7, 11) is -1.02. The summed E-state index contributed by atoms with van der Waals surface area (Å²) >= 11 is 0. The topological polar surface area (TPSA) is 87.5 Å². The second-order valence-electron chi connectivity index (χ2n) is 11.0.